The molecule has 1 aromatic heterocycles. The monoisotopic (exact) mass is 416 g/mol. The summed E-state index contributed by atoms with van der Waals surface area (Å²) in [6, 6.07) is 9.41. The van der Waals surface area contributed by atoms with Crippen LogP contribution in [0.25, 0.3) is 0 Å². The third kappa shape index (κ3) is 4.23. The van der Waals surface area contributed by atoms with Gasteiger partial charge in [-0.05, 0) is 29.8 Å². The molecule has 9 heteroatoms. The van der Waals surface area contributed by atoms with E-state index in [9.17, 15) is 18.0 Å². The standard InChI is InChI=1S/C17H9Cl2F3N2OS/c18-12-5-4-10(8-13(12)19)15(25)16-24-23-14(26-16)7-9-2-1-3-11(6-9)17(20,21)22/h1-6,8H,7H2. The SMILES string of the molecule is O=C(c1ccc(Cl)c(Cl)c1)c1nnc(Cc2cccc(C(F)(F)F)c2)s1. The van der Waals surface area contributed by atoms with Crippen LogP contribution in [0.3, 0.4) is 0 Å². The van der Waals surface area contributed by atoms with E-state index >= 15 is 0 Å². The number of hydrogen-bond donors (Lipinski definition) is 0. The van der Waals surface area contributed by atoms with Gasteiger partial charge in [-0.1, -0.05) is 52.7 Å². The Morgan fingerprint density at radius 1 is 1.04 bits per heavy atom. The van der Waals surface area contributed by atoms with Crippen LogP contribution in [-0.2, 0) is 12.6 Å². The van der Waals surface area contributed by atoms with Crippen LogP contribution in [-0.4, -0.2) is 16.0 Å². The first-order valence-corrected chi connectivity index (χ1v) is 8.79. The molecule has 26 heavy (non-hydrogen) atoms. The molecule has 0 aliphatic rings. The number of alkyl halides is 3. The second-order valence-electron chi connectivity index (χ2n) is 5.33. The fourth-order valence-electron chi connectivity index (χ4n) is 2.21. The molecule has 0 N–H and O–H groups in total. The van der Waals surface area contributed by atoms with Gasteiger partial charge in [0.2, 0.25) is 5.78 Å². The highest BCUT2D eigenvalue weighted by Gasteiger charge is 2.30. The first-order valence-electron chi connectivity index (χ1n) is 7.22. The summed E-state index contributed by atoms with van der Waals surface area (Å²) in [5, 5.41) is 8.86. The Balaban J connectivity index is 1.80. The quantitative estimate of drug-likeness (QED) is 0.513. The lowest BCUT2D eigenvalue weighted by molar-refractivity contribution is -0.137. The van der Waals surface area contributed by atoms with Crippen molar-refractivity contribution in [1.82, 2.24) is 10.2 Å². The highest BCUT2D eigenvalue weighted by atomic mass is 35.5. The van der Waals surface area contributed by atoms with Gasteiger partial charge in [-0.15, -0.1) is 10.2 Å². The number of nitrogens with zero attached hydrogens (tertiary/aromatic N) is 2. The van der Waals surface area contributed by atoms with Crippen LogP contribution < -0.4 is 0 Å². The molecule has 0 amide bonds. The van der Waals surface area contributed by atoms with Gasteiger partial charge in [-0.2, -0.15) is 13.2 Å². The average molecular weight is 417 g/mol. The lowest BCUT2D eigenvalue weighted by Crippen LogP contribution is -2.05. The largest absolute Gasteiger partial charge is 0.416 e. The molecule has 134 valence electrons. The third-order valence-corrected chi connectivity index (χ3v) is 5.11. The maximum atomic E-state index is 12.8. The predicted octanol–water partition coefficient (Wildman–Crippen LogP) is 5.69. The number of benzene rings is 2. The third-order valence-electron chi connectivity index (χ3n) is 3.45. The summed E-state index contributed by atoms with van der Waals surface area (Å²) in [4.78, 5) is 12.4. The molecular weight excluding hydrogens is 408 g/mol. The number of aromatic nitrogens is 2. The summed E-state index contributed by atoms with van der Waals surface area (Å²) < 4.78 is 38.3. The van der Waals surface area contributed by atoms with Crippen molar-refractivity contribution >= 4 is 40.3 Å². The molecule has 0 unspecified atom stereocenters. The van der Waals surface area contributed by atoms with E-state index in [1.54, 1.807) is 6.07 Å². The van der Waals surface area contributed by atoms with Gasteiger partial charge in [0.1, 0.15) is 5.01 Å². The maximum absolute atomic E-state index is 12.8. The smallest absolute Gasteiger partial charge is 0.286 e. The summed E-state index contributed by atoms with van der Waals surface area (Å²) in [5.41, 5.74) is 0.0114. The molecule has 0 fully saturated rings. The number of carbonyl (C=O) groups is 1. The van der Waals surface area contributed by atoms with Crippen LogP contribution in [0, 0.1) is 0 Å². The average Bonchev–Trinajstić information content (AvgIpc) is 3.04. The van der Waals surface area contributed by atoms with Crippen LogP contribution in [0.1, 0.15) is 31.5 Å². The van der Waals surface area contributed by atoms with Gasteiger partial charge in [-0.25, -0.2) is 0 Å². The molecule has 3 aromatic rings. The minimum Gasteiger partial charge on any atom is -0.286 e. The number of ketones is 1. The van der Waals surface area contributed by atoms with Crippen molar-refractivity contribution in [2.45, 2.75) is 12.6 Å². The molecule has 0 aliphatic heterocycles. The molecule has 0 aliphatic carbocycles. The van der Waals surface area contributed by atoms with Crippen molar-refractivity contribution in [2.75, 3.05) is 0 Å². The van der Waals surface area contributed by atoms with Crippen molar-refractivity contribution in [3.8, 4) is 0 Å². The highest BCUT2D eigenvalue weighted by Crippen LogP contribution is 2.30. The molecule has 0 atom stereocenters. The van der Waals surface area contributed by atoms with Gasteiger partial charge in [0, 0.05) is 12.0 Å². The Hall–Kier alpha value is -1.96. The fourth-order valence-corrected chi connectivity index (χ4v) is 3.34. The van der Waals surface area contributed by atoms with Crippen LogP contribution in [0.5, 0.6) is 0 Å². The summed E-state index contributed by atoms with van der Waals surface area (Å²) in [7, 11) is 0. The first-order chi connectivity index (χ1) is 12.2. The van der Waals surface area contributed by atoms with Gasteiger partial charge in [0.05, 0.1) is 15.6 Å². The van der Waals surface area contributed by atoms with E-state index in [-0.39, 0.29) is 22.2 Å². The van der Waals surface area contributed by atoms with Gasteiger partial charge in [0.15, 0.2) is 5.01 Å². The Labute approximate surface area is 160 Å². The van der Waals surface area contributed by atoms with Crippen molar-refractivity contribution in [3.63, 3.8) is 0 Å². The lowest BCUT2D eigenvalue weighted by Gasteiger charge is -2.07. The Kier molecular flexibility index (Phi) is 5.32. The Bertz CT molecular complexity index is 973. The van der Waals surface area contributed by atoms with E-state index in [2.05, 4.69) is 10.2 Å². The van der Waals surface area contributed by atoms with E-state index in [1.807, 2.05) is 0 Å². The zero-order valence-electron chi connectivity index (χ0n) is 12.8. The Morgan fingerprint density at radius 2 is 1.81 bits per heavy atom. The van der Waals surface area contributed by atoms with Gasteiger partial charge >= 0.3 is 6.18 Å². The zero-order valence-corrected chi connectivity index (χ0v) is 15.2. The lowest BCUT2D eigenvalue weighted by atomic mass is 10.1. The molecule has 0 bridgehead atoms. The number of hydrogen-bond acceptors (Lipinski definition) is 4. The Morgan fingerprint density at radius 3 is 2.50 bits per heavy atom. The number of carbonyl (C=O) groups excluding carboxylic acids is 1. The second kappa shape index (κ2) is 7.34. The molecule has 3 nitrogen and oxygen atoms in total. The normalized spacial score (nSPS) is 11.6. The van der Waals surface area contributed by atoms with Crippen molar-refractivity contribution in [2.24, 2.45) is 0 Å². The van der Waals surface area contributed by atoms with E-state index in [4.69, 9.17) is 23.2 Å². The van der Waals surface area contributed by atoms with E-state index in [0.717, 1.165) is 23.5 Å². The predicted molar refractivity (Wildman–Crippen MR) is 94.1 cm³/mol. The molecule has 0 saturated heterocycles. The van der Waals surface area contributed by atoms with Crippen LogP contribution in [0.2, 0.25) is 10.0 Å². The van der Waals surface area contributed by atoms with Crippen LogP contribution in [0.4, 0.5) is 13.2 Å². The zero-order chi connectivity index (χ0) is 18.9. The van der Waals surface area contributed by atoms with Crippen molar-refractivity contribution in [3.05, 3.63) is 79.2 Å². The number of rotatable bonds is 4. The minimum atomic E-state index is -4.41. The van der Waals surface area contributed by atoms with Gasteiger partial charge < -0.3 is 0 Å². The summed E-state index contributed by atoms with van der Waals surface area (Å²) >= 11 is 12.7. The molecular formula is C17H9Cl2F3N2OS. The summed E-state index contributed by atoms with van der Waals surface area (Å²) in [5.74, 6) is -0.378. The van der Waals surface area contributed by atoms with Gasteiger partial charge in [-0.3, -0.25) is 4.79 Å². The van der Waals surface area contributed by atoms with Crippen LogP contribution in [0.15, 0.2) is 42.5 Å². The maximum Gasteiger partial charge on any atom is 0.416 e. The minimum absolute atomic E-state index is 0.130. The van der Waals surface area contributed by atoms with E-state index in [1.165, 1.54) is 24.3 Å². The molecule has 0 radical (unpaired) electrons. The first kappa shape index (κ1) is 18.8. The van der Waals surface area contributed by atoms with Crippen molar-refractivity contribution < 1.29 is 18.0 Å². The highest BCUT2D eigenvalue weighted by molar-refractivity contribution is 7.13. The van der Waals surface area contributed by atoms with Crippen molar-refractivity contribution in [1.29, 1.82) is 0 Å². The molecule has 2 aromatic carbocycles. The molecule has 3 rings (SSSR count). The molecule has 0 spiro atoms. The summed E-state index contributed by atoms with van der Waals surface area (Å²) in [6.45, 7) is 0. The molecule has 1 heterocycles. The van der Waals surface area contributed by atoms with E-state index in [0.29, 0.717) is 21.2 Å². The fraction of sp³-hybridized carbons (Fsp3) is 0.118. The number of halogens is 5. The second-order valence-corrected chi connectivity index (χ2v) is 7.21. The summed E-state index contributed by atoms with van der Waals surface area (Å²) in [6.07, 6.45) is -4.26. The topological polar surface area (TPSA) is 42.9 Å². The van der Waals surface area contributed by atoms with E-state index < -0.39 is 11.7 Å². The molecule has 0 saturated carbocycles. The van der Waals surface area contributed by atoms with Gasteiger partial charge in [0.25, 0.3) is 0 Å². The van der Waals surface area contributed by atoms with Crippen LogP contribution >= 0.6 is 34.5 Å².